The van der Waals surface area contributed by atoms with Gasteiger partial charge in [-0.05, 0) is 49.2 Å². The van der Waals surface area contributed by atoms with Crippen molar-refractivity contribution in [1.82, 2.24) is 15.1 Å². The summed E-state index contributed by atoms with van der Waals surface area (Å²) in [6, 6.07) is 15.2. The topological polar surface area (TPSA) is 113 Å². The van der Waals surface area contributed by atoms with Gasteiger partial charge in [0, 0.05) is 17.8 Å². The smallest absolute Gasteiger partial charge is 0.261 e. The van der Waals surface area contributed by atoms with Crippen molar-refractivity contribution in [2.75, 3.05) is 13.4 Å². The molecule has 0 aliphatic carbocycles. The molecule has 0 spiro atoms. The van der Waals surface area contributed by atoms with Crippen molar-refractivity contribution >= 4 is 11.7 Å². The van der Waals surface area contributed by atoms with Gasteiger partial charge in [0.2, 0.25) is 6.79 Å². The van der Waals surface area contributed by atoms with E-state index >= 15 is 0 Å². The van der Waals surface area contributed by atoms with Crippen LogP contribution in [0, 0.1) is 13.8 Å². The van der Waals surface area contributed by atoms with Crippen molar-refractivity contribution in [3.8, 4) is 11.5 Å². The highest BCUT2D eigenvalue weighted by molar-refractivity contribution is 5.97. The van der Waals surface area contributed by atoms with Gasteiger partial charge in [0.05, 0.1) is 12.2 Å². The van der Waals surface area contributed by atoms with Crippen LogP contribution in [-0.2, 0) is 22.7 Å². The molecule has 166 valence electrons. The molecule has 1 aliphatic heterocycles. The maximum absolute atomic E-state index is 12.0. The molecule has 0 bridgehead atoms. The van der Waals surface area contributed by atoms with Gasteiger partial charge < -0.3 is 25.4 Å². The van der Waals surface area contributed by atoms with E-state index in [1.807, 2.05) is 67.1 Å². The third-order valence-corrected chi connectivity index (χ3v) is 4.94. The fraction of sp³-hybridized carbons (Fsp3) is 0.261. The number of amides is 1. The molecule has 0 atom stereocenters. The monoisotopic (exact) mass is 435 g/mol. The van der Waals surface area contributed by atoms with Crippen LogP contribution in [0.1, 0.15) is 28.1 Å². The van der Waals surface area contributed by atoms with Crippen molar-refractivity contribution in [2.24, 2.45) is 10.9 Å². The van der Waals surface area contributed by atoms with Crippen LogP contribution in [0.4, 0.5) is 0 Å². The van der Waals surface area contributed by atoms with E-state index in [0.29, 0.717) is 30.2 Å². The fourth-order valence-electron chi connectivity index (χ4n) is 3.35. The number of aromatic nitrogens is 2. The largest absolute Gasteiger partial charge is 0.454 e. The van der Waals surface area contributed by atoms with E-state index in [1.165, 1.54) is 0 Å². The van der Waals surface area contributed by atoms with Crippen LogP contribution in [0.2, 0.25) is 0 Å². The first-order chi connectivity index (χ1) is 15.5. The molecule has 1 aliphatic rings. The normalized spacial score (nSPS) is 12.6. The van der Waals surface area contributed by atoms with Gasteiger partial charge in [-0.1, -0.05) is 29.4 Å². The van der Waals surface area contributed by atoms with E-state index in [1.54, 1.807) is 0 Å². The number of hydrogen-bond donors (Lipinski definition) is 2. The van der Waals surface area contributed by atoms with Crippen LogP contribution in [0.25, 0.3) is 0 Å². The van der Waals surface area contributed by atoms with Gasteiger partial charge in [0.15, 0.2) is 23.9 Å². The number of amidine groups is 1. The minimum Gasteiger partial charge on any atom is -0.454 e. The van der Waals surface area contributed by atoms with Crippen LogP contribution >= 0.6 is 0 Å². The summed E-state index contributed by atoms with van der Waals surface area (Å²) in [5.41, 5.74) is 10.7. The number of nitrogens with two attached hydrogens (primary N) is 1. The van der Waals surface area contributed by atoms with Gasteiger partial charge >= 0.3 is 0 Å². The lowest BCUT2D eigenvalue weighted by molar-refractivity contribution is -0.125. The first-order valence-corrected chi connectivity index (χ1v) is 10.2. The number of fused-ring (bicyclic) bond motifs is 1. The number of benzene rings is 2. The Balaban J connectivity index is 1.28. The molecule has 2 aromatic carbocycles. The summed E-state index contributed by atoms with van der Waals surface area (Å²) in [5.74, 6) is 1.26. The molecule has 1 amide bonds. The number of nitrogens with zero attached hydrogens (tertiary/aromatic N) is 3. The minimum atomic E-state index is -0.308. The van der Waals surface area contributed by atoms with E-state index < -0.39 is 0 Å². The van der Waals surface area contributed by atoms with Gasteiger partial charge in [-0.3, -0.25) is 9.48 Å². The second-order valence-electron chi connectivity index (χ2n) is 7.50. The number of aryl methyl sites for hydroxylation is 2. The average molecular weight is 435 g/mol. The van der Waals surface area contributed by atoms with Crippen LogP contribution in [0.15, 0.2) is 53.7 Å². The zero-order chi connectivity index (χ0) is 22.5. The van der Waals surface area contributed by atoms with E-state index in [4.69, 9.17) is 20.0 Å². The fourth-order valence-corrected chi connectivity index (χ4v) is 3.35. The average Bonchev–Trinajstić information content (AvgIpc) is 3.37. The van der Waals surface area contributed by atoms with Gasteiger partial charge in [-0.25, -0.2) is 0 Å². The molecule has 3 N–H and O–H groups in total. The molecule has 9 nitrogen and oxygen atoms in total. The maximum Gasteiger partial charge on any atom is 0.261 e. The predicted octanol–water partition coefficient (Wildman–Crippen LogP) is 2.23. The summed E-state index contributed by atoms with van der Waals surface area (Å²) in [6.07, 6.45) is 0. The summed E-state index contributed by atoms with van der Waals surface area (Å²) >= 11 is 0. The standard InChI is InChI=1S/C23H25N5O4/c1-15-8-16(2)28(26-15)12-18-4-3-5-19(9-18)23(24)27-32-13-22(29)25-11-17-6-7-20-21(10-17)31-14-30-20/h3-10H,11-14H2,1-2H3,(H2,24,27)(H,25,29). The second-order valence-corrected chi connectivity index (χ2v) is 7.50. The number of oxime groups is 1. The lowest BCUT2D eigenvalue weighted by Crippen LogP contribution is -2.27. The summed E-state index contributed by atoms with van der Waals surface area (Å²) in [7, 11) is 0. The molecule has 4 rings (SSSR count). The molecule has 0 unspecified atom stereocenters. The van der Waals surface area contributed by atoms with E-state index in [0.717, 1.165) is 22.5 Å². The molecular weight excluding hydrogens is 410 g/mol. The Kier molecular flexibility index (Phi) is 6.25. The minimum absolute atomic E-state index is 0.198. The van der Waals surface area contributed by atoms with Gasteiger partial charge in [0.25, 0.3) is 5.91 Å². The molecule has 1 aromatic heterocycles. The van der Waals surface area contributed by atoms with Crippen molar-refractivity contribution in [3.05, 3.63) is 76.6 Å². The number of rotatable bonds is 8. The molecule has 9 heteroatoms. The van der Waals surface area contributed by atoms with Crippen molar-refractivity contribution in [1.29, 1.82) is 0 Å². The molecule has 0 fully saturated rings. The molecular formula is C23H25N5O4. The number of carbonyl (C=O) groups is 1. The lowest BCUT2D eigenvalue weighted by atomic mass is 10.1. The molecule has 2 heterocycles. The summed E-state index contributed by atoms with van der Waals surface area (Å²) in [4.78, 5) is 17.2. The molecule has 0 saturated carbocycles. The molecule has 32 heavy (non-hydrogen) atoms. The quantitative estimate of drug-likeness (QED) is 0.319. The van der Waals surface area contributed by atoms with Crippen LogP contribution in [0.3, 0.4) is 0 Å². The third-order valence-electron chi connectivity index (χ3n) is 4.94. The zero-order valence-corrected chi connectivity index (χ0v) is 18.0. The second kappa shape index (κ2) is 9.42. The van der Waals surface area contributed by atoms with Crippen LogP contribution in [-0.4, -0.2) is 34.9 Å². The molecule has 0 saturated heterocycles. The Bertz CT molecular complexity index is 1160. The van der Waals surface area contributed by atoms with E-state index in [9.17, 15) is 4.79 Å². The maximum atomic E-state index is 12.0. The van der Waals surface area contributed by atoms with Gasteiger partial charge in [-0.15, -0.1) is 0 Å². The Labute approximate surface area is 185 Å². The molecule has 3 aromatic rings. The lowest BCUT2D eigenvalue weighted by Gasteiger charge is -2.08. The van der Waals surface area contributed by atoms with E-state index in [-0.39, 0.29) is 25.1 Å². The highest BCUT2D eigenvalue weighted by Gasteiger charge is 2.13. The first kappa shape index (κ1) is 21.2. The Hall–Kier alpha value is -4.01. The number of hydrogen-bond acceptors (Lipinski definition) is 6. The Morgan fingerprint density at radius 3 is 2.81 bits per heavy atom. The first-order valence-electron chi connectivity index (χ1n) is 10.2. The predicted molar refractivity (Wildman–Crippen MR) is 118 cm³/mol. The third kappa shape index (κ3) is 5.18. The SMILES string of the molecule is Cc1cc(C)n(Cc2cccc(/C(N)=N/OCC(=O)NCc3ccc4c(c3)OCO4)c2)n1. The van der Waals surface area contributed by atoms with E-state index in [2.05, 4.69) is 15.6 Å². The van der Waals surface area contributed by atoms with Crippen molar-refractivity contribution in [3.63, 3.8) is 0 Å². The highest BCUT2D eigenvalue weighted by atomic mass is 16.7. The number of ether oxygens (including phenoxy) is 2. The van der Waals surface area contributed by atoms with Crippen LogP contribution in [0.5, 0.6) is 11.5 Å². The van der Waals surface area contributed by atoms with Crippen LogP contribution < -0.4 is 20.5 Å². The number of nitrogens with one attached hydrogen (secondary N) is 1. The van der Waals surface area contributed by atoms with Crippen molar-refractivity contribution in [2.45, 2.75) is 26.9 Å². The number of carbonyl (C=O) groups excluding carboxylic acids is 1. The zero-order valence-electron chi connectivity index (χ0n) is 18.0. The summed E-state index contributed by atoms with van der Waals surface area (Å²) in [6.45, 7) is 4.93. The summed E-state index contributed by atoms with van der Waals surface area (Å²) in [5, 5.41) is 11.1. The van der Waals surface area contributed by atoms with Gasteiger partial charge in [-0.2, -0.15) is 5.10 Å². The summed E-state index contributed by atoms with van der Waals surface area (Å²) < 4.78 is 12.5. The highest BCUT2D eigenvalue weighted by Crippen LogP contribution is 2.32. The van der Waals surface area contributed by atoms with Gasteiger partial charge in [0.1, 0.15) is 0 Å². The molecule has 0 radical (unpaired) electrons. The van der Waals surface area contributed by atoms with Crippen molar-refractivity contribution < 1.29 is 19.1 Å². The Morgan fingerprint density at radius 1 is 1.16 bits per heavy atom. The Morgan fingerprint density at radius 2 is 2.00 bits per heavy atom.